The number of carboxylic acid groups (broad SMARTS) is 2. The van der Waals surface area contributed by atoms with E-state index in [1.165, 1.54) is 12.1 Å². The second-order valence-electron chi connectivity index (χ2n) is 6.55. The zero-order valence-corrected chi connectivity index (χ0v) is 14.4. The Labute approximate surface area is 145 Å². The van der Waals surface area contributed by atoms with Gasteiger partial charge in [0.25, 0.3) is 0 Å². The summed E-state index contributed by atoms with van der Waals surface area (Å²) >= 11 is 0. The van der Waals surface area contributed by atoms with Crippen LogP contribution in [-0.2, 0) is 20.9 Å². The average Bonchev–Trinajstić information content (AvgIpc) is 2.48. The molecule has 1 aromatic carbocycles. The molecule has 1 aromatic rings. The van der Waals surface area contributed by atoms with E-state index in [0.717, 1.165) is 4.90 Å². The molecule has 8 nitrogen and oxygen atoms in total. The second kappa shape index (κ2) is 8.36. The summed E-state index contributed by atoms with van der Waals surface area (Å²) in [6, 6.07) is 4.71. The molecule has 1 rings (SSSR count). The van der Waals surface area contributed by atoms with Crippen LogP contribution in [0.3, 0.4) is 0 Å². The van der Waals surface area contributed by atoms with E-state index in [9.17, 15) is 24.6 Å². The Morgan fingerprint density at radius 1 is 1.12 bits per heavy atom. The zero-order chi connectivity index (χ0) is 19.2. The summed E-state index contributed by atoms with van der Waals surface area (Å²) in [6.07, 6.45) is -1.45. The van der Waals surface area contributed by atoms with Crippen LogP contribution in [0.2, 0.25) is 0 Å². The summed E-state index contributed by atoms with van der Waals surface area (Å²) in [5.74, 6) is -2.36. The molecule has 0 saturated heterocycles. The third-order valence-corrected chi connectivity index (χ3v) is 3.45. The molecule has 0 bridgehead atoms. The van der Waals surface area contributed by atoms with Crippen LogP contribution in [0.15, 0.2) is 24.3 Å². The summed E-state index contributed by atoms with van der Waals surface area (Å²) in [5, 5.41) is 27.4. The molecule has 0 aromatic heterocycles. The van der Waals surface area contributed by atoms with Gasteiger partial charge in [0.15, 0.2) is 0 Å². The summed E-state index contributed by atoms with van der Waals surface area (Å²) in [6.45, 7) is 4.83. The van der Waals surface area contributed by atoms with Crippen molar-refractivity contribution in [2.45, 2.75) is 51.8 Å². The number of rotatable bonds is 7. The molecule has 25 heavy (non-hydrogen) atoms. The first kappa shape index (κ1) is 20.3. The number of carboxylic acids is 2. The Hall–Kier alpha value is -2.77. The lowest BCUT2D eigenvalue weighted by molar-refractivity contribution is -0.146. The van der Waals surface area contributed by atoms with Gasteiger partial charge in [-0.2, -0.15) is 0 Å². The molecule has 0 aliphatic carbocycles. The predicted molar refractivity (Wildman–Crippen MR) is 88.2 cm³/mol. The molecule has 8 heteroatoms. The Balaban J connectivity index is 2.91. The van der Waals surface area contributed by atoms with Gasteiger partial charge in [-0.05, 0) is 44.9 Å². The maximum Gasteiger partial charge on any atom is 0.411 e. The van der Waals surface area contributed by atoms with Crippen molar-refractivity contribution in [1.82, 2.24) is 4.90 Å². The third-order valence-electron chi connectivity index (χ3n) is 3.45. The molecular formula is C17H23NO7. The van der Waals surface area contributed by atoms with E-state index < -0.39 is 29.6 Å². The monoisotopic (exact) mass is 353 g/mol. The van der Waals surface area contributed by atoms with Gasteiger partial charge in [-0.3, -0.25) is 9.69 Å². The number of amides is 1. The van der Waals surface area contributed by atoms with Crippen LogP contribution in [0.1, 0.15) is 39.2 Å². The first-order valence-electron chi connectivity index (χ1n) is 7.71. The van der Waals surface area contributed by atoms with E-state index in [4.69, 9.17) is 9.84 Å². The number of carbonyl (C=O) groups is 3. The highest BCUT2D eigenvalue weighted by Gasteiger charge is 2.38. The number of aliphatic carboxylic acids is 2. The number of phenolic OH excluding ortho intramolecular Hbond substituents is 1. The molecule has 138 valence electrons. The van der Waals surface area contributed by atoms with E-state index in [-0.39, 0.29) is 25.2 Å². The van der Waals surface area contributed by atoms with Gasteiger partial charge in [-0.1, -0.05) is 12.1 Å². The number of hydrogen-bond acceptors (Lipinski definition) is 5. The minimum Gasteiger partial charge on any atom is -0.508 e. The maximum atomic E-state index is 12.5. The van der Waals surface area contributed by atoms with Gasteiger partial charge in [-0.25, -0.2) is 9.59 Å². The van der Waals surface area contributed by atoms with Crippen molar-refractivity contribution in [3.8, 4) is 5.75 Å². The van der Waals surface area contributed by atoms with Gasteiger partial charge in [0.1, 0.15) is 18.4 Å². The Kier molecular flexibility index (Phi) is 6.78. The van der Waals surface area contributed by atoms with E-state index in [1.807, 2.05) is 0 Å². The summed E-state index contributed by atoms with van der Waals surface area (Å²) in [4.78, 5) is 35.8. The molecule has 0 spiro atoms. The predicted octanol–water partition coefficient (Wildman–Crippen LogP) is 2.45. The van der Waals surface area contributed by atoms with Gasteiger partial charge < -0.3 is 20.1 Å². The van der Waals surface area contributed by atoms with Crippen LogP contribution in [0.25, 0.3) is 0 Å². The first-order chi connectivity index (χ1) is 11.5. The number of phenols is 1. The molecule has 0 aliphatic heterocycles. The van der Waals surface area contributed by atoms with E-state index in [2.05, 4.69) is 0 Å². The lowest BCUT2D eigenvalue weighted by atomic mass is 10.0. The van der Waals surface area contributed by atoms with Gasteiger partial charge >= 0.3 is 18.0 Å². The van der Waals surface area contributed by atoms with E-state index in [0.29, 0.717) is 5.56 Å². The number of ether oxygens (including phenoxy) is 1. The number of nitrogens with zero attached hydrogens (tertiary/aromatic N) is 1. The van der Waals surface area contributed by atoms with Crippen LogP contribution in [0, 0.1) is 0 Å². The highest BCUT2D eigenvalue weighted by atomic mass is 16.6. The number of benzene rings is 1. The van der Waals surface area contributed by atoms with E-state index >= 15 is 0 Å². The highest BCUT2D eigenvalue weighted by Crippen LogP contribution is 2.22. The lowest BCUT2D eigenvalue weighted by Gasteiger charge is -2.38. The lowest BCUT2D eigenvalue weighted by Crippen LogP contribution is -2.55. The Morgan fingerprint density at radius 2 is 1.68 bits per heavy atom. The van der Waals surface area contributed by atoms with Gasteiger partial charge in [0.2, 0.25) is 0 Å². The van der Waals surface area contributed by atoms with Gasteiger partial charge in [0, 0.05) is 12.0 Å². The van der Waals surface area contributed by atoms with Crippen molar-refractivity contribution in [2.75, 3.05) is 0 Å². The highest BCUT2D eigenvalue weighted by molar-refractivity contribution is 5.81. The fourth-order valence-electron chi connectivity index (χ4n) is 2.30. The Bertz CT molecular complexity index is 619. The molecule has 0 unspecified atom stereocenters. The number of carbonyl (C=O) groups excluding carboxylic acids is 1. The summed E-state index contributed by atoms with van der Waals surface area (Å²) in [7, 11) is 0. The standard InChI is InChI=1S/C17H23NO7/c1-17(2,3)18(13(15(22)23)8-9-14(20)21)16(24)25-10-11-4-6-12(19)7-5-11/h4-7,13,19H,8-10H2,1-3H3,(H,20,21)(H,22,23)/t13-/m0/s1. The van der Waals surface area contributed by atoms with E-state index in [1.54, 1.807) is 32.9 Å². The van der Waals surface area contributed by atoms with Crippen molar-refractivity contribution >= 4 is 18.0 Å². The maximum absolute atomic E-state index is 12.5. The van der Waals surface area contributed by atoms with Crippen LogP contribution < -0.4 is 0 Å². The SMILES string of the molecule is CC(C)(C)N(C(=O)OCc1ccc(O)cc1)[C@@H](CCC(=O)O)C(=O)O. The average molecular weight is 353 g/mol. The summed E-state index contributed by atoms with van der Waals surface area (Å²) in [5.41, 5.74) is -0.259. The molecule has 1 atom stereocenters. The van der Waals surface area contributed by atoms with Crippen molar-refractivity contribution in [1.29, 1.82) is 0 Å². The molecule has 0 radical (unpaired) electrons. The topological polar surface area (TPSA) is 124 Å². The van der Waals surface area contributed by atoms with Crippen molar-refractivity contribution in [2.24, 2.45) is 0 Å². The largest absolute Gasteiger partial charge is 0.508 e. The van der Waals surface area contributed by atoms with Gasteiger partial charge in [0.05, 0.1) is 0 Å². The van der Waals surface area contributed by atoms with Crippen LogP contribution >= 0.6 is 0 Å². The molecule has 0 aliphatic rings. The second-order valence-corrected chi connectivity index (χ2v) is 6.55. The molecule has 0 saturated carbocycles. The minimum absolute atomic E-state index is 0.0750. The van der Waals surface area contributed by atoms with Crippen molar-refractivity contribution in [3.05, 3.63) is 29.8 Å². The molecule has 3 N–H and O–H groups in total. The van der Waals surface area contributed by atoms with Crippen LogP contribution in [0.5, 0.6) is 5.75 Å². The molecule has 0 fully saturated rings. The summed E-state index contributed by atoms with van der Waals surface area (Å²) < 4.78 is 5.19. The van der Waals surface area contributed by atoms with Crippen molar-refractivity contribution in [3.63, 3.8) is 0 Å². The molecular weight excluding hydrogens is 330 g/mol. The van der Waals surface area contributed by atoms with Crippen LogP contribution in [-0.4, -0.2) is 49.8 Å². The fraction of sp³-hybridized carbons (Fsp3) is 0.471. The number of hydrogen-bond donors (Lipinski definition) is 3. The smallest absolute Gasteiger partial charge is 0.411 e. The van der Waals surface area contributed by atoms with Crippen molar-refractivity contribution < 1.29 is 34.4 Å². The molecule has 1 amide bonds. The minimum atomic E-state index is -1.32. The third kappa shape index (κ3) is 6.33. The fourth-order valence-corrected chi connectivity index (χ4v) is 2.30. The zero-order valence-electron chi connectivity index (χ0n) is 14.4. The van der Waals surface area contributed by atoms with Crippen LogP contribution in [0.4, 0.5) is 4.79 Å². The molecule has 0 heterocycles. The first-order valence-corrected chi connectivity index (χ1v) is 7.71. The normalized spacial score (nSPS) is 12.3. The quantitative estimate of drug-likeness (QED) is 0.687. The number of aromatic hydroxyl groups is 1. The Morgan fingerprint density at radius 3 is 2.12 bits per heavy atom. The van der Waals surface area contributed by atoms with Gasteiger partial charge in [-0.15, -0.1) is 0 Å².